The van der Waals surface area contributed by atoms with Gasteiger partial charge in [-0.1, -0.05) is 19.9 Å². The van der Waals surface area contributed by atoms with Gasteiger partial charge in [-0.25, -0.2) is 13.9 Å². The van der Waals surface area contributed by atoms with Gasteiger partial charge in [-0.15, -0.1) is 16.4 Å². The fraction of sp³-hybridized carbons (Fsp3) is 0.333. The summed E-state index contributed by atoms with van der Waals surface area (Å²) in [6.45, 7) is 6.00. The molecule has 1 aromatic carbocycles. The Hall–Kier alpha value is -3.40. The summed E-state index contributed by atoms with van der Waals surface area (Å²) < 4.78 is 9.76. The lowest BCUT2D eigenvalue weighted by molar-refractivity contribution is -0.117. The summed E-state index contributed by atoms with van der Waals surface area (Å²) in [4.78, 5) is 38.7. The zero-order valence-corrected chi connectivity index (χ0v) is 18.5. The number of hydrogen-bond acceptors (Lipinski definition) is 6. The van der Waals surface area contributed by atoms with Crippen molar-refractivity contribution in [3.05, 3.63) is 56.0 Å². The van der Waals surface area contributed by atoms with E-state index in [9.17, 15) is 14.4 Å². The fourth-order valence-corrected chi connectivity index (χ4v) is 4.34. The maximum Gasteiger partial charge on any atom is 0.352 e. The number of ether oxygens (including phenoxy) is 1. The van der Waals surface area contributed by atoms with Crippen LogP contribution in [0.4, 0.5) is 5.69 Å². The van der Waals surface area contributed by atoms with Crippen LogP contribution in [-0.4, -0.2) is 31.8 Å². The maximum atomic E-state index is 13.1. The molecule has 0 aliphatic carbocycles. The van der Waals surface area contributed by atoms with Crippen LogP contribution in [0.5, 0.6) is 5.75 Å². The quantitative estimate of drug-likeness (QED) is 0.496. The van der Waals surface area contributed by atoms with E-state index in [1.165, 1.54) is 27.4 Å². The second kappa shape index (κ2) is 8.03. The van der Waals surface area contributed by atoms with E-state index in [2.05, 4.69) is 10.4 Å². The van der Waals surface area contributed by atoms with Gasteiger partial charge in [0, 0.05) is 6.54 Å². The van der Waals surface area contributed by atoms with E-state index in [-0.39, 0.29) is 23.8 Å². The van der Waals surface area contributed by atoms with Crippen LogP contribution in [0.25, 0.3) is 16.0 Å². The summed E-state index contributed by atoms with van der Waals surface area (Å²) in [6.07, 6.45) is 0. The molecule has 3 aromatic heterocycles. The molecule has 1 N–H and O–H groups in total. The van der Waals surface area contributed by atoms with Gasteiger partial charge >= 0.3 is 5.69 Å². The number of hydrogen-bond donors (Lipinski definition) is 1. The van der Waals surface area contributed by atoms with Gasteiger partial charge in [0.15, 0.2) is 0 Å². The number of methoxy groups -OCH3 is 1. The number of aromatic nitrogens is 4. The molecule has 0 aliphatic heterocycles. The highest BCUT2D eigenvalue weighted by molar-refractivity contribution is 7.17. The van der Waals surface area contributed by atoms with Crippen molar-refractivity contribution in [1.82, 2.24) is 18.7 Å². The Morgan fingerprint density at radius 2 is 2.03 bits per heavy atom. The summed E-state index contributed by atoms with van der Waals surface area (Å²) in [5, 5.41) is 8.88. The molecule has 3 heterocycles. The highest BCUT2D eigenvalue weighted by Crippen LogP contribution is 2.25. The molecule has 0 fully saturated rings. The average molecular weight is 442 g/mol. The summed E-state index contributed by atoms with van der Waals surface area (Å²) in [5.41, 5.74) is 1.32. The van der Waals surface area contributed by atoms with E-state index in [0.29, 0.717) is 28.2 Å². The molecule has 10 heteroatoms. The monoisotopic (exact) mass is 441 g/mol. The molecule has 0 spiro atoms. The van der Waals surface area contributed by atoms with Crippen LogP contribution >= 0.6 is 11.3 Å². The Bertz CT molecular complexity index is 1410. The van der Waals surface area contributed by atoms with E-state index >= 15 is 0 Å². The van der Waals surface area contributed by atoms with Crippen molar-refractivity contribution < 1.29 is 9.53 Å². The largest absolute Gasteiger partial charge is 0.495 e. The molecule has 0 aliphatic rings. The van der Waals surface area contributed by atoms with Gasteiger partial charge < -0.3 is 10.1 Å². The molecule has 0 unspecified atom stereocenters. The molecule has 0 radical (unpaired) electrons. The predicted molar refractivity (Wildman–Crippen MR) is 120 cm³/mol. The van der Waals surface area contributed by atoms with Crippen LogP contribution in [-0.2, 0) is 17.9 Å². The van der Waals surface area contributed by atoms with Gasteiger partial charge in [0.25, 0.3) is 5.56 Å². The zero-order chi connectivity index (χ0) is 22.3. The van der Waals surface area contributed by atoms with E-state index in [4.69, 9.17) is 4.74 Å². The van der Waals surface area contributed by atoms with E-state index < -0.39 is 11.6 Å². The second-order valence-corrected chi connectivity index (χ2v) is 8.69. The van der Waals surface area contributed by atoms with Crippen molar-refractivity contribution in [2.75, 3.05) is 12.4 Å². The Labute approximate surface area is 181 Å². The van der Waals surface area contributed by atoms with Gasteiger partial charge in [0.05, 0.1) is 18.3 Å². The molecule has 0 saturated heterocycles. The van der Waals surface area contributed by atoms with Crippen molar-refractivity contribution in [3.8, 4) is 5.75 Å². The topological polar surface area (TPSA) is 99.6 Å². The van der Waals surface area contributed by atoms with Gasteiger partial charge in [0.2, 0.25) is 11.7 Å². The number of benzene rings is 1. The van der Waals surface area contributed by atoms with Crippen molar-refractivity contribution >= 4 is 38.9 Å². The summed E-state index contributed by atoms with van der Waals surface area (Å²) >= 11 is 1.29. The number of anilines is 1. The van der Waals surface area contributed by atoms with Crippen molar-refractivity contribution in [2.24, 2.45) is 5.92 Å². The van der Waals surface area contributed by atoms with E-state index in [0.717, 1.165) is 10.2 Å². The Kier molecular flexibility index (Phi) is 5.40. The highest BCUT2D eigenvalue weighted by Gasteiger charge is 2.20. The molecular formula is C21H23N5O4S. The SMILES string of the molecule is COc1ccc(C)cc1NC(=O)Cn1nc2n(CC(C)C)c(=O)c3sccc3n2c1=O. The first-order valence-corrected chi connectivity index (χ1v) is 10.7. The van der Waals surface area contributed by atoms with Crippen LogP contribution in [0.3, 0.4) is 0 Å². The third kappa shape index (κ3) is 3.74. The lowest BCUT2D eigenvalue weighted by Crippen LogP contribution is -2.29. The second-order valence-electron chi connectivity index (χ2n) is 7.77. The van der Waals surface area contributed by atoms with E-state index in [1.807, 2.05) is 26.8 Å². The average Bonchev–Trinajstić information content (AvgIpc) is 3.30. The van der Waals surface area contributed by atoms with Gasteiger partial charge in [-0.05, 0) is 42.0 Å². The van der Waals surface area contributed by atoms with Crippen molar-refractivity contribution in [2.45, 2.75) is 33.9 Å². The van der Waals surface area contributed by atoms with Gasteiger partial charge in [0.1, 0.15) is 17.0 Å². The van der Waals surface area contributed by atoms with Gasteiger partial charge in [-0.2, -0.15) is 0 Å². The van der Waals surface area contributed by atoms with Crippen LogP contribution in [0.1, 0.15) is 19.4 Å². The van der Waals surface area contributed by atoms with E-state index in [1.54, 1.807) is 23.6 Å². The van der Waals surface area contributed by atoms with Gasteiger partial charge in [-0.3, -0.25) is 14.2 Å². The minimum atomic E-state index is -0.470. The number of fused-ring (bicyclic) bond motifs is 3. The maximum absolute atomic E-state index is 13.1. The first kappa shape index (κ1) is 20.9. The number of carbonyl (C=O) groups excluding carboxylic acids is 1. The molecule has 31 heavy (non-hydrogen) atoms. The minimum Gasteiger partial charge on any atom is -0.495 e. The minimum absolute atomic E-state index is 0.177. The zero-order valence-electron chi connectivity index (χ0n) is 17.7. The smallest absolute Gasteiger partial charge is 0.352 e. The van der Waals surface area contributed by atoms with Crippen molar-refractivity contribution in [3.63, 3.8) is 0 Å². The Balaban J connectivity index is 1.76. The number of rotatable bonds is 6. The number of thiophene rings is 1. The summed E-state index contributed by atoms with van der Waals surface area (Å²) in [6, 6.07) is 7.15. The summed E-state index contributed by atoms with van der Waals surface area (Å²) in [5.74, 6) is 0.507. The van der Waals surface area contributed by atoms with Crippen LogP contribution in [0, 0.1) is 12.8 Å². The van der Waals surface area contributed by atoms with Crippen molar-refractivity contribution in [1.29, 1.82) is 0 Å². The first-order valence-electron chi connectivity index (χ1n) is 9.84. The normalized spacial score (nSPS) is 11.5. The predicted octanol–water partition coefficient (Wildman–Crippen LogP) is 2.48. The van der Waals surface area contributed by atoms with Crippen LogP contribution in [0.15, 0.2) is 39.2 Å². The Morgan fingerprint density at radius 1 is 1.26 bits per heavy atom. The number of amides is 1. The molecule has 0 atom stereocenters. The third-order valence-electron chi connectivity index (χ3n) is 4.86. The molecule has 4 aromatic rings. The molecule has 0 bridgehead atoms. The highest BCUT2D eigenvalue weighted by atomic mass is 32.1. The number of nitrogens with one attached hydrogen (secondary N) is 1. The number of carbonyl (C=O) groups is 1. The molecule has 1 amide bonds. The first-order chi connectivity index (χ1) is 14.8. The Morgan fingerprint density at radius 3 is 2.74 bits per heavy atom. The molecule has 4 rings (SSSR count). The standard InChI is InChI=1S/C21H23N5O4S/c1-12(2)10-24-19(28)18-15(7-8-31-18)26-20(24)23-25(21(26)29)11-17(27)22-14-9-13(3)5-6-16(14)30-4/h5-9,12H,10-11H2,1-4H3,(H,22,27). The number of aryl methyl sites for hydroxylation is 1. The molecule has 162 valence electrons. The fourth-order valence-electron chi connectivity index (χ4n) is 3.51. The lowest BCUT2D eigenvalue weighted by atomic mass is 10.2. The lowest BCUT2D eigenvalue weighted by Gasteiger charge is -2.10. The van der Waals surface area contributed by atoms with Crippen LogP contribution in [0.2, 0.25) is 0 Å². The number of nitrogens with zero attached hydrogens (tertiary/aromatic N) is 4. The van der Waals surface area contributed by atoms with Crippen LogP contribution < -0.4 is 21.3 Å². The third-order valence-corrected chi connectivity index (χ3v) is 5.75. The molecule has 0 saturated carbocycles. The molecule has 9 nitrogen and oxygen atoms in total. The summed E-state index contributed by atoms with van der Waals surface area (Å²) in [7, 11) is 1.52. The molecular weight excluding hydrogens is 418 g/mol.